The van der Waals surface area contributed by atoms with E-state index in [1.54, 1.807) is 11.3 Å². The summed E-state index contributed by atoms with van der Waals surface area (Å²) in [6, 6.07) is -0.0635. The summed E-state index contributed by atoms with van der Waals surface area (Å²) >= 11 is 1.65. The number of carbonyl (C=O) groups is 1. The molecule has 1 heterocycles. The van der Waals surface area contributed by atoms with Gasteiger partial charge in [-0.25, -0.2) is 4.98 Å². The van der Waals surface area contributed by atoms with Gasteiger partial charge in [0.2, 0.25) is 5.91 Å². The van der Waals surface area contributed by atoms with Crippen molar-refractivity contribution in [3.05, 3.63) is 16.1 Å². The number of aryl methyl sites for hydroxylation is 1. The number of aromatic nitrogens is 1. The highest BCUT2D eigenvalue weighted by Crippen LogP contribution is 2.27. The van der Waals surface area contributed by atoms with Gasteiger partial charge in [0.25, 0.3) is 0 Å². The van der Waals surface area contributed by atoms with Gasteiger partial charge in [0, 0.05) is 5.38 Å². The maximum absolute atomic E-state index is 12.3. The van der Waals surface area contributed by atoms with Crippen LogP contribution in [-0.4, -0.2) is 16.4 Å². The largest absolute Gasteiger partial charge is 0.346 e. The third-order valence-electron chi connectivity index (χ3n) is 3.86. The summed E-state index contributed by atoms with van der Waals surface area (Å²) in [6.07, 6.45) is 5.81. The van der Waals surface area contributed by atoms with Gasteiger partial charge in [-0.15, -0.1) is 36.2 Å². The number of nitrogens with one attached hydrogen (secondary N) is 1. The van der Waals surface area contributed by atoms with Crippen LogP contribution in [0, 0.1) is 0 Å². The second-order valence-electron chi connectivity index (χ2n) is 5.43. The van der Waals surface area contributed by atoms with Crippen LogP contribution in [0.4, 0.5) is 0 Å². The Morgan fingerprint density at radius 3 is 2.57 bits per heavy atom. The number of nitrogens with zero attached hydrogens (tertiary/aromatic N) is 1. The fourth-order valence-electron chi connectivity index (χ4n) is 2.51. The predicted octanol–water partition coefficient (Wildman–Crippen LogP) is 3.39. The molecule has 1 fully saturated rings. The second kappa shape index (κ2) is 8.93. The molecule has 1 amide bonds. The second-order valence-corrected chi connectivity index (χ2v) is 6.37. The van der Waals surface area contributed by atoms with Gasteiger partial charge in [-0.05, 0) is 26.2 Å². The molecule has 1 aliphatic rings. The van der Waals surface area contributed by atoms with Crippen molar-refractivity contribution in [1.29, 1.82) is 0 Å². The zero-order chi connectivity index (χ0) is 13.9. The number of thiazole rings is 1. The fourth-order valence-corrected chi connectivity index (χ4v) is 3.35. The van der Waals surface area contributed by atoms with Gasteiger partial charge in [-0.1, -0.05) is 26.2 Å². The van der Waals surface area contributed by atoms with Crippen molar-refractivity contribution in [3.8, 4) is 0 Å². The average Bonchev–Trinajstić information content (AvgIpc) is 2.88. The number of hydrogen-bond donors (Lipinski definition) is 2. The molecule has 0 aromatic carbocycles. The topological polar surface area (TPSA) is 68.0 Å². The molecule has 122 valence electrons. The van der Waals surface area contributed by atoms with Crippen LogP contribution >= 0.6 is 36.2 Å². The lowest BCUT2D eigenvalue weighted by atomic mass is 9.82. The maximum Gasteiger partial charge on any atom is 0.240 e. The molecule has 0 radical (unpaired) electrons. The highest BCUT2D eigenvalue weighted by Gasteiger charge is 2.35. The van der Waals surface area contributed by atoms with Crippen molar-refractivity contribution < 1.29 is 4.79 Å². The monoisotopic (exact) mass is 353 g/mol. The van der Waals surface area contributed by atoms with Gasteiger partial charge >= 0.3 is 0 Å². The SMILES string of the molecule is CCc1nc(C(C)NC(=O)C2(N)CCCCC2)cs1.Cl.Cl. The van der Waals surface area contributed by atoms with Crippen LogP contribution < -0.4 is 11.1 Å². The van der Waals surface area contributed by atoms with E-state index in [2.05, 4.69) is 17.2 Å². The molecule has 0 spiro atoms. The highest BCUT2D eigenvalue weighted by molar-refractivity contribution is 7.09. The van der Waals surface area contributed by atoms with E-state index < -0.39 is 5.54 Å². The molecular weight excluding hydrogens is 329 g/mol. The first-order valence-corrected chi connectivity index (χ1v) is 7.97. The molecule has 1 unspecified atom stereocenters. The first-order valence-electron chi connectivity index (χ1n) is 7.09. The third-order valence-corrected chi connectivity index (χ3v) is 4.87. The zero-order valence-corrected chi connectivity index (χ0v) is 15.0. The normalized spacial score (nSPS) is 18.0. The van der Waals surface area contributed by atoms with E-state index in [0.29, 0.717) is 0 Å². The van der Waals surface area contributed by atoms with Gasteiger partial charge in [-0.3, -0.25) is 4.79 Å². The molecule has 4 nitrogen and oxygen atoms in total. The molecule has 7 heteroatoms. The van der Waals surface area contributed by atoms with E-state index in [1.807, 2.05) is 12.3 Å². The van der Waals surface area contributed by atoms with Gasteiger partial charge in [0.15, 0.2) is 0 Å². The van der Waals surface area contributed by atoms with Gasteiger partial charge in [0.1, 0.15) is 0 Å². The summed E-state index contributed by atoms with van der Waals surface area (Å²) in [6.45, 7) is 4.06. The molecular formula is C14H25Cl2N3OS. The van der Waals surface area contributed by atoms with Crippen LogP contribution in [0.15, 0.2) is 5.38 Å². The Labute approximate surface area is 143 Å². The lowest BCUT2D eigenvalue weighted by Gasteiger charge is -2.32. The molecule has 0 bridgehead atoms. The molecule has 3 N–H and O–H groups in total. The number of halogens is 2. The van der Waals surface area contributed by atoms with Crippen molar-refractivity contribution in [3.63, 3.8) is 0 Å². The number of amides is 1. The average molecular weight is 354 g/mol. The lowest BCUT2D eigenvalue weighted by Crippen LogP contribution is -2.55. The van der Waals surface area contributed by atoms with E-state index in [-0.39, 0.29) is 36.8 Å². The minimum atomic E-state index is -0.671. The first-order chi connectivity index (χ1) is 9.05. The van der Waals surface area contributed by atoms with Crippen molar-refractivity contribution in [1.82, 2.24) is 10.3 Å². The predicted molar refractivity (Wildman–Crippen MR) is 92.5 cm³/mol. The van der Waals surface area contributed by atoms with Crippen LogP contribution in [0.25, 0.3) is 0 Å². The summed E-state index contributed by atoms with van der Waals surface area (Å²) in [7, 11) is 0. The molecule has 0 saturated heterocycles. The Balaban J connectivity index is 0.00000200. The molecule has 2 rings (SSSR count). The maximum atomic E-state index is 12.3. The molecule has 21 heavy (non-hydrogen) atoms. The molecule has 0 aliphatic heterocycles. The number of hydrogen-bond acceptors (Lipinski definition) is 4. The van der Waals surface area contributed by atoms with Crippen LogP contribution in [0.5, 0.6) is 0 Å². The number of rotatable bonds is 4. The van der Waals surface area contributed by atoms with Gasteiger partial charge < -0.3 is 11.1 Å². The Bertz CT molecular complexity index is 447. The smallest absolute Gasteiger partial charge is 0.240 e. The third kappa shape index (κ3) is 5.09. The molecule has 1 aromatic rings. The van der Waals surface area contributed by atoms with E-state index in [0.717, 1.165) is 42.8 Å². The lowest BCUT2D eigenvalue weighted by molar-refractivity contribution is -0.128. The molecule has 1 atom stereocenters. The first kappa shape index (κ1) is 20.6. The Morgan fingerprint density at radius 1 is 1.43 bits per heavy atom. The van der Waals surface area contributed by atoms with Crippen molar-refractivity contribution >= 4 is 42.1 Å². The Hall–Kier alpha value is -0.360. The van der Waals surface area contributed by atoms with Crippen LogP contribution in [0.1, 0.15) is 62.7 Å². The summed E-state index contributed by atoms with van der Waals surface area (Å²) in [5.74, 6) is -0.0225. The minimum absolute atomic E-state index is 0. The van der Waals surface area contributed by atoms with Crippen molar-refractivity contribution in [2.45, 2.75) is 64.0 Å². The van der Waals surface area contributed by atoms with Crippen LogP contribution in [0.2, 0.25) is 0 Å². The summed E-state index contributed by atoms with van der Waals surface area (Å²) in [4.78, 5) is 16.8. The van der Waals surface area contributed by atoms with Crippen molar-refractivity contribution in [2.75, 3.05) is 0 Å². The summed E-state index contributed by atoms with van der Waals surface area (Å²) in [5, 5.41) is 6.15. The van der Waals surface area contributed by atoms with E-state index >= 15 is 0 Å². The van der Waals surface area contributed by atoms with Crippen LogP contribution in [-0.2, 0) is 11.2 Å². The quantitative estimate of drug-likeness (QED) is 0.871. The van der Waals surface area contributed by atoms with Gasteiger partial charge in [0.05, 0.1) is 22.3 Å². The zero-order valence-electron chi connectivity index (χ0n) is 12.6. The van der Waals surface area contributed by atoms with E-state index in [4.69, 9.17) is 5.73 Å². The van der Waals surface area contributed by atoms with E-state index in [1.165, 1.54) is 6.42 Å². The molecule has 1 aliphatic carbocycles. The van der Waals surface area contributed by atoms with Crippen molar-refractivity contribution in [2.24, 2.45) is 5.73 Å². The standard InChI is InChI=1S/C14H23N3OS.2ClH/c1-3-12-17-11(9-19-12)10(2)16-13(18)14(15)7-5-4-6-8-14;;/h9-10H,3-8,15H2,1-2H3,(H,16,18);2*1H. The van der Waals surface area contributed by atoms with E-state index in [9.17, 15) is 4.79 Å². The highest BCUT2D eigenvalue weighted by atomic mass is 35.5. The summed E-state index contributed by atoms with van der Waals surface area (Å²) in [5.41, 5.74) is 6.50. The Kier molecular flexibility index (Phi) is 8.78. The fraction of sp³-hybridized carbons (Fsp3) is 0.714. The molecule has 1 aromatic heterocycles. The van der Waals surface area contributed by atoms with Crippen LogP contribution in [0.3, 0.4) is 0 Å². The van der Waals surface area contributed by atoms with Gasteiger partial charge in [-0.2, -0.15) is 0 Å². The minimum Gasteiger partial charge on any atom is -0.346 e. The number of carbonyl (C=O) groups excluding carboxylic acids is 1. The summed E-state index contributed by atoms with van der Waals surface area (Å²) < 4.78 is 0. The number of nitrogens with two attached hydrogens (primary N) is 1. The Morgan fingerprint density at radius 2 is 2.05 bits per heavy atom. The molecule has 1 saturated carbocycles.